The Balaban J connectivity index is 2.47. The molecule has 1 aromatic heterocycles. The maximum Gasteiger partial charge on any atom is 0.358 e. The van der Waals surface area contributed by atoms with Crippen molar-refractivity contribution in [2.24, 2.45) is 0 Å². The first-order chi connectivity index (χ1) is 7.03. The average molecular weight is 207 g/mol. The van der Waals surface area contributed by atoms with Crippen LogP contribution in [0.2, 0.25) is 0 Å². The maximum atomic E-state index is 11.5. The molecule has 1 unspecified atom stereocenters. The Morgan fingerprint density at radius 1 is 1.67 bits per heavy atom. The van der Waals surface area contributed by atoms with Crippen LogP contribution in [0.5, 0.6) is 0 Å². The lowest BCUT2D eigenvalue weighted by Crippen LogP contribution is -2.46. The van der Waals surface area contributed by atoms with Crippen molar-refractivity contribution in [2.45, 2.75) is 18.9 Å². The lowest BCUT2D eigenvalue weighted by atomic mass is 9.92. The first kappa shape index (κ1) is 9.64. The Labute approximate surface area is 85.7 Å². The van der Waals surface area contributed by atoms with E-state index in [1.54, 1.807) is 12.1 Å². The SMILES string of the molecule is CC1(C(=O)O)Cc2cccnc2C(=O)O1. The third kappa shape index (κ3) is 1.45. The minimum Gasteiger partial charge on any atom is -0.478 e. The molecule has 0 amide bonds. The van der Waals surface area contributed by atoms with Crippen LogP contribution in [0.15, 0.2) is 18.3 Å². The summed E-state index contributed by atoms with van der Waals surface area (Å²) in [5.74, 6) is -1.83. The van der Waals surface area contributed by atoms with Crippen molar-refractivity contribution in [1.82, 2.24) is 4.98 Å². The van der Waals surface area contributed by atoms with Crippen LogP contribution in [0, 0.1) is 0 Å². The van der Waals surface area contributed by atoms with E-state index < -0.39 is 17.5 Å². The third-order valence-electron chi connectivity index (χ3n) is 2.38. The lowest BCUT2D eigenvalue weighted by molar-refractivity contribution is -0.158. The number of hydrogen-bond donors (Lipinski definition) is 1. The fraction of sp³-hybridized carbons (Fsp3) is 0.300. The van der Waals surface area contributed by atoms with Gasteiger partial charge in [-0.05, 0) is 18.6 Å². The van der Waals surface area contributed by atoms with Gasteiger partial charge in [-0.25, -0.2) is 14.6 Å². The van der Waals surface area contributed by atoms with Gasteiger partial charge in [0.25, 0.3) is 0 Å². The van der Waals surface area contributed by atoms with Crippen molar-refractivity contribution >= 4 is 11.9 Å². The molecular formula is C10H9NO4. The summed E-state index contributed by atoms with van der Waals surface area (Å²) in [6.45, 7) is 1.38. The van der Waals surface area contributed by atoms with Crippen molar-refractivity contribution < 1.29 is 19.4 Å². The number of aromatic nitrogens is 1. The van der Waals surface area contributed by atoms with Crippen LogP contribution in [0.4, 0.5) is 0 Å². The van der Waals surface area contributed by atoms with Crippen molar-refractivity contribution in [3.8, 4) is 0 Å². The molecule has 1 N–H and O–H groups in total. The monoisotopic (exact) mass is 207 g/mol. The Morgan fingerprint density at radius 3 is 3.07 bits per heavy atom. The summed E-state index contributed by atoms with van der Waals surface area (Å²) in [4.78, 5) is 26.2. The zero-order valence-electron chi connectivity index (χ0n) is 8.06. The minimum atomic E-state index is -1.48. The molecule has 0 spiro atoms. The molecule has 15 heavy (non-hydrogen) atoms. The number of aliphatic carboxylic acids is 1. The highest BCUT2D eigenvalue weighted by molar-refractivity contribution is 5.94. The van der Waals surface area contributed by atoms with Crippen molar-refractivity contribution in [2.75, 3.05) is 0 Å². The maximum absolute atomic E-state index is 11.5. The van der Waals surface area contributed by atoms with Gasteiger partial charge in [-0.2, -0.15) is 0 Å². The molecule has 1 atom stereocenters. The van der Waals surface area contributed by atoms with E-state index in [0.717, 1.165) is 0 Å². The van der Waals surface area contributed by atoms with E-state index >= 15 is 0 Å². The second-order valence-corrected chi connectivity index (χ2v) is 3.61. The number of carbonyl (C=O) groups is 2. The van der Waals surface area contributed by atoms with E-state index in [1.807, 2.05) is 0 Å². The molecule has 0 aromatic carbocycles. The molecular weight excluding hydrogens is 198 g/mol. The standard InChI is InChI=1S/C10H9NO4/c1-10(9(13)14)5-6-3-2-4-11-7(6)8(12)15-10/h2-4H,5H2,1H3,(H,13,14). The first-order valence-corrected chi connectivity index (χ1v) is 4.43. The van der Waals surface area contributed by atoms with Gasteiger partial charge in [0.2, 0.25) is 5.60 Å². The molecule has 0 bridgehead atoms. The minimum absolute atomic E-state index is 0.150. The van der Waals surface area contributed by atoms with Crippen LogP contribution in [0.3, 0.4) is 0 Å². The topological polar surface area (TPSA) is 76.5 Å². The van der Waals surface area contributed by atoms with E-state index in [2.05, 4.69) is 4.98 Å². The molecule has 78 valence electrons. The van der Waals surface area contributed by atoms with Gasteiger partial charge in [-0.3, -0.25) is 0 Å². The molecule has 0 saturated heterocycles. The Bertz CT molecular complexity index is 443. The fourth-order valence-electron chi connectivity index (χ4n) is 1.54. The van der Waals surface area contributed by atoms with E-state index in [4.69, 9.17) is 9.84 Å². The number of esters is 1. The van der Waals surface area contributed by atoms with Gasteiger partial charge < -0.3 is 9.84 Å². The number of nitrogens with zero attached hydrogens (tertiary/aromatic N) is 1. The van der Waals surface area contributed by atoms with Gasteiger partial charge in [0.1, 0.15) is 0 Å². The van der Waals surface area contributed by atoms with Gasteiger partial charge in [0.15, 0.2) is 5.69 Å². The number of hydrogen-bond acceptors (Lipinski definition) is 4. The molecule has 1 aliphatic heterocycles. The molecule has 0 saturated carbocycles. The molecule has 0 aliphatic carbocycles. The zero-order chi connectivity index (χ0) is 11.1. The molecule has 2 rings (SSSR count). The predicted molar refractivity (Wildman–Crippen MR) is 49.4 cm³/mol. The molecule has 0 fully saturated rings. The van der Waals surface area contributed by atoms with E-state index in [9.17, 15) is 9.59 Å². The lowest BCUT2D eigenvalue weighted by Gasteiger charge is -2.29. The molecule has 2 heterocycles. The molecule has 1 aromatic rings. The van der Waals surface area contributed by atoms with E-state index in [1.165, 1.54) is 13.1 Å². The summed E-state index contributed by atoms with van der Waals surface area (Å²) in [7, 11) is 0. The summed E-state index contributed by atoms with van der Waals surface area (Å²) >= 11 is 0. The molecule has 0 radical (unpaired) electrons. The highest BCUT2D eigenvalue weighted by Gasteiger charge is 2.43. The van der Waals surface area contributed by atoms with Crippen LogP contribution in [-0.4, -0.2) is 27.6 Å². The van der Waals surface area contributed by atoms with Crippen LogP contribution >= 0.6 is 0 Å². The van der Waals surface area contributed by atoms with E-state index in [0.29, 0.717) is 5.56 Å². The second-order valence-electron chi connectivity index (χ2n) is 3.61. The predicted octanol–water partition coefficient (Wildman–Crippen LogP) is 0.638. The normalized spacial score (nSPS) is 24.2. The van der Waals surface area contributed by atoms with Gasteiger partial charge in [-0.15, -0.1) is 0 Å². The Morgan fingerprint density at radius 2 is 2.40 bits per heavy atom. The number of cyclic esters (lactones) is 1. The molecule has 5 nitrogen and oxygen atoms in total. The summed E-state index contributed by atoms with van der Waals surface area (Å²) in [5, 5.41) is 8.94. The smallest absolute Gasteiger partial charge is 0.358 e. The molecule has 1 aliphatic rings. The first-order valence-electron chi connectivity index (χ1n) is 4.43. The number of fused-ring (bicyclic) bond motifs is 1. The number of carbonyl (C=O) groups excluding carboxylic acids is 1. The summed E-state index contributed by atoms with van der Waals surface area (Å²) in [6.07, 6.45) is 1.63. The zero-order valence-corrected chi connectivity index (χ0v) is 8.06. The van der Waals surface area contributed by atoms with Crippen LogP contribution in [0.25, 0.3) is 0 Å². The van der Waals surface area contributed by atoms with Crippen LogP contribution in [0.1, 0.15) is 23.0 Å². The van der Waals surface area contributed by atoms with Gasteiger partial charge >= 0.3 is 11.9 Å². The second kappa shape index (κ2) is 3.05. The van der Waals surface area contributed by atoms with Gasteiger partial charge in [0.05, 0.1) is 0 Å². The van der Waals surface area contributed by atoms with Crippen molar-refractivity contribution in [1.29, 1.82) is 0 Å². The highest BCUT2D eigenvalue weighted by atomic mass is 16.6. The fourth-order valence-corrected chi connectivity index (χ4v) is 1.54. The Kier molecular flexibility index (Phi) is 1.96. The number of rotatable bonds is 1. The van der Waals surface area contributed by atoms with Crippen LogP contribution < -0.4 is 0 Å². The summed E-state index contributed by atoms with van der Waals surface area (Å²) in [5.41, 5.74) is -0.664. The number of carboxylic acids is 1. The number of ether oxygens (including phenoxy) is 1. The van der Waals surface area contributed by atoms with Gasteiger partial charge in [0, 0.05) is 12.6 Å². The Hall–Kier alpha value is -1.91. The largest absolute Gasteiger partial charge is 0.478 e. The average Bonchev–Trinajstić information content (AvgIpc) is 2.17. The number of carboxylic acid groups (broad SMARTS) is 1. The van der Waals surface area contributed by atoms with E-state index in [-0.39, 0.29) is 12.1 Å². The number of pyridine rings is 1. The van der Waals surface area contributed by atoms with Crippen molar-refractivity contribution in [3.05, 3.63) is 29.6 Å². The summed E-state index contributed by atoms with van der Waals surface area (Å²) < 4.78 is 4.86. The van der Waals surface area contributed by atoms with Crippen molar-refractivity contribution in [3.63, 3.8) is 0 Å². The third-order valence-corrected chi connectivity index (χ3v) is 2.38. The summed E-state index contributed by atoms with van der Waals surface area (Å²) in [6, 6.07) is 3.35. The highest BCUT2D eigenvalue weighted by Crippen LogP contribution is 2.26. The quantitative estimate of drug-likeness (QED) is 0.684. The van der Waals surface area contributed by atoms with Gasteiger partial charge in [-0.1, -0.05) is 6.07 Å². The molecule has 5 heteroatoms. The van der Waals surface area contributed by atoms with Crippen LogP contribution in [-0.2, 0) is 16.0 Å².